The predicted molar refractivity (Wildman–Crippen MR) is 58.0 cm³/mol. The first-order valence-electron chi connectivity index (χ1n) is 5.01. The number of nitrogens with two attached hydrogens (primary N) is 1. The maximum absolute atomic E-state index is 5.49. The largest absolute Gasteiger partial charge is 0.454 e. The number of aromatic amines is 1. The van der Waals surface area contributed by atoms with Crippen molar-refractivity contribution >= 4 is 0 Å². The number of nitrogens with one attached hydrogen (secondary N) is 1. The molecule has 1 aliphatic rings. The summed E-state index contributed by atoms with van der Waals surface area (Å²) in [5.74, 6) is 2.32. The van der Waals surface area contributed by atoms with Crippen LogP contribution in [-0.2, 0) is 6.54 Å². The van der Waals surface area contributed by atoms with Crippen LogP contribution in [0.15, 0.2) is 24.4 Å². The molecule has 0 aliphatic carbocycles. The van der Waals surface area contributed by atoms with Crippen LogP contribution in [0, 0.1) is 0 Å². The third-order valence-corrected chi connectivity index (χ3v) is 2.51. The van der Waals surface area contributed by atoms with Gasteiger partial charge in [-0.3, -0.25) is 0 Å². The number of H-pyrrole nitrogens is 1. The molecule has 3 N–H and O–H groups in total. The number of benzene rings is 1. The first-order valence-corrected chi connectivity index (χ1v) is 5.01. The van der Waals surface area contributed by atoms with Gasteiger partial charge in [0.15, 0.2) is 11.5 Å². The molecular weight excluding hydrogens is 206 g/mol. The first-order chi connectivity index (χ1) is 7.86. The van der Waals surface area contributed by atoms with E-state index >= 15 is 0 Å². The van der Waals surface area contributed by atoms with Crippen LogP contribution in [0.25, 0.3) is 11.3 Å². The fourth-order valence-corrected chi connectivity index (χ4v) is 1.68. The van der Waals surface area contributed by atoms with E-state index in [1.165, 1.54) is 0 Å². The van der Waals surface area contributed by atoms with E-state index in [-0.39, 0.29) is 6.79 Å². The fraction of sp³-hybridized carbons (Fsp3) is 0.182. The number of imidazole rings is 1. The molecule has 0 unspecified atom stereocenters. The summed E-state index contributed by atoms with van der Waals surface area (Å²) in [7, 11) is 0. The SMILES string of the molecule is NCc1ncc(-c2ccc3c(c2)OCO3)[nH]1. The Balaban J connectivity index is 2.00. The Bertz CT molecular complexity index is 522. The Labute approximate surface area is 92.2 Å². The highest BCUT2D eigenvalue weighted by Crippen LogP contribution is 2.35. The molecule has 1 aromatic heterocycles. The topological polar surface area (TPSA) is 73.2 Å². The van der Waals surface area contributed by atoms with Crippen molar-refractivity contribution in [2.45, 2.75) is 6.54 Å². The van der Waals surface area contributed by atoms with Gasteiger partial charge in [-0.05, 0) is 18.2 Å². The molecule has 0 radical (unpaired) electrons. The average molecular weight is 217 g/mol. The summed E-state index contributed by atoms with van der Waals surface area (Å²) in [5.41, 5.74) is 7.43. The number of nitrogens with zero attached hydrogens (tertiary/aromatic N) is 1. The van der Waals surface area contributed by atoms with E-state index in [1.807, 2.05) is 18.2 Å². The van der Waals surface area contributed by atoms with Crippen LogP contribution in [0.4, 0.5) is 0 Å². The molecule has 16 heavy (non-hydrogen) atoms. The van der Waals surface area contributed by atoms with E-state index in [2.05, 4.69) is 9.97 Å². The molecule has 0 saturated carbocycles. The zero-order valence-corrected chi connectivity index (χ0v) is 8.56. The normalized spacial score (nSPS) is 13.1. The minimum absolute atomic E-state index is 0.288. The summed E-state index contributed by atoms with van der Waals surface area (Å²) in [6.45, 7) is 0.695. The third kappa shape index (κ3) is 1.42. The van der Waals surface area contributed by atoms with Crippen molar-refractivity contribution in [2.24, 2.45) is 5.73 Å². The second-order valence-electron chi connectivity index (χ2n) is 3.52. The molecule has 0 spiro atoms. The van der Waals surface area contributed by atoms with Crippen molar-refractivity contribution in [3.63, 3.8) is 0 Å². The lowest BCUT2D eigenvalue weighted by molar-refractivity contribution is 0.174. The van der Waals surface area contributed by atoms with Crippen LogP contribution in [0.1, 0.15) is 5.82 Å². The van der Waals surface area contributed by atoms with Crippen LogP contribution in [0.3, 0.4) is 0 Å². The summed E-state index contributed by atoms with van der Waals surface area (Å²) < 4.78 is 10.6. The van der Waals surface area contributed by atoms with Gasteiger partial charge in [0.2, 0.25) is 6.79 Å². The van der Waals surface area contributed by atoms with Crippen LogP contribution in [-0.4, -0.2) is 16.8 Å². The van der Waals surface area contributed by atoms with Crippen molar-refractivity contribution in [3.05, 3.63) is 30.2 Å². The van der Waals surface area contributed by atoms with Gasteiger partial charge in [0.05, 0.1) is 18.4 Å². The molecule has 0 bridgehead atoms. The minimum Gasteiger partial charge on any atom is -0.454 e. The number of hydrogen-bond donors (Lipinski definition) is 2. The lowest BCUT2D eigenvalue weighted by Crippen LogP contribution is -1.97. The lowest BCUT2D eigenvalue weighted by atomic mass is 10.1. The third-order valence-electron chi connectivity index (χ3n) is 2.51. The molecule has 0 amide bonds. The van der Waals surface area contributed by atoms with Crippen molar-refractivity contribution in [2.75, 3.05) is 6.79 Å². The van der Waals surface area contributed by atoms with Gasteiger partial charge in [0.25, 0.3) is 0 Å². The highest BCUT2D eigenvalue weighted by atomic mass is 16.7. The zero-order chi connectivity index (χ0) is 11.0. The molecule has 0 saturated heterocycles. The second kappa shape index (κ2) is 3.53. The summed E-state index contributed by atoms with van der Waals surface area (Å²) in [4.78, 5) is 7.29. The van der Waals surface area contributed by atoms with Crippen LogP contribution < -0.4 is 15.2 Å². The standard InChI is InChI=1S/C11H11N3O2/c12-4-11-13-5-8(14-11)7-1-2-9-10(3-7)16-6-15-9/h1-3,5H,4,6,12H2,(H,13,14). The maximum Gasteiger partial charge on any atom is 0.231 e. The zero-order valence-electron chi connectivity index (χ0n) is 8.56. The Hall–Kier alpha value is -2.01. The van der Waals surface area contributed by atoms with Crippen molar-refractivity contribution in [1.29, 1.82) is 0 Å². The quantitative estimate of drug-likeness (QED) is 0.794. The molecule has 1 aromatic carbocycles. The van der Waals surface area contributed by atoms with E-state index in [0.29, 0.717) is 6.54 Å². The Kier molecular flexibility index (Phi) is 2.04. The number of ether oxygens (including phenoxy) is 2. The number of hydrogen-bond acceptors (Lipinski definition) is 4. The van der Waals surface area contributed by atoms with E-state index in [4.69, 9.17) is 15.2 Å². The monoisotopic (exact) mass is 217 g/mol. The summed E-state index contributed by atoms with van der Waals surface area (Å²) >= 11 is 0. The minimum atomic E-state index is 0.288. The van der Waals surface area contributed by atoms with Crippen LogP contribution in [0.2, 0.25) is 0 Å². The molecule has 0 atom stereocenters. The van der Waals surface area contributed by atoms with Gasteiger partial charge in [0.1, 0.15) is 5.82 Å². The number of rotatable bonds is 2. The molecule has 5 heteroatoms. The van der Waals surface area contributed by atoms with Gasteiger partial charge in [-0.1, -0.05) is 0 Å². The summed E-state index contributed by atoms with van der Waals surface area (Å²) in [5, 5.41) is 0. The van der Waals surface area contributed by atoms with Gasteiger partial charge < -0.3 is 20.2 Å². The van der Waals surface area contributed by atoms with Crippen molar-refractivity contribution in [1.82, 2.24) is 9.97 Å². The van der Waals surface area contributed by atoms with Crippen LogP contribution >= 0.6 is 0 Å². The van der Waals surface area contributed by atoms with Gasteiger partial charge in [0, 0.05) is 5.56 Å². The summed E-state index contributed by atoms with van der Waals surface area (Å²) in [6.07, 6.45) is 1.76. The molecular formula is C11H11N3O2. The number of fused-ring (bicyclic) bond motifs is 1. The number of aromatic nitrogens is 2. The van der Waals surface area contributed by atoms with E-state index in [0.717, 1.165) is 28.6 Å². The highest BCUT2D eigenvalue weighted by molar-refractivity contribution is 5.64. The molecule has 0 fully saturated rings. The highest BCUT2D eigenvalue weighted by Gasteiger charge is 2.14. The first kappa shape index (κ1) is 9.23. The molecule has 2 aromatic rings. The Morgan fingerprint density at radius 1 is 1.31 bits per heavy atom. The average Bonchev–Trinajstić information content (AvgIpc) is 2.96. The van der Waals surface area contributed by atoms with Gasteiger partial charge in [-0.15, -0.1) is 0 Å². The molecule has 82 valence electrons. The van der Waals surface area contributed by atoms with Crippen LogP contribution in [0.5, 0.6) is 11.5 Å². The van der Waals surface area contributed by atoms with E-state index < -0.39 is 0 Å². The Morgan fingerprint density at radius 3 is 3.00 bits per heavy atom. The molecule has 2 heterocycles. The second-order valence-corrected chi connectivity index (χ2v) is 3.52. The predicted octanol–water partition coefficient (Wildman–Crippen LogP) is 1.26. The lowest BCUT2D eigenvalue weighted by Gasteiger charge is -1.99. The molecule has 1 aliphatic heterocycles. The summed E-state index contributed by atoms with van der Waals surface area (Å²) in [6, 6.07) is 5.78. The fourth-order valence-electron chi connectivity index (χ4n) is 1.68. The molecule has 5 nitrogen and oxygen atoms in total. The maximum atomic E-state index is 5.49. The van der Waals surface area contributed by atoms with Gasteiger partial charge in [-0.25, -0.2) is 4.98 Å². The smallest absolute Gasteiger partial charge is 0.231 e. The van der Waals surface area contributed by atoms with Crippen molar-refractivity contribution in [3.8, 4) is 22.8 Å². The van der Waals surface area contributed by atoms with Gasteiger partial charge >= 0.3 is 0 Å². The van der Waals surface area contributed by atoms with Crippen molar-refractivity contribution < 1.29 is 9.47 Å². The van der Waals surface area contributed by atoms with E-state index in [1.54, 1.807) is 6.20 Å². The Morgan fingerprint density at radius 2 is 2.19 bits per heavy atom. The van der Waals surface area contributed by atoms with E-state index in [9.17, 15) is 0 Å². The van der Waals surface area contributed by atoms with Gasteiger partial charge in [-0.2, -0.15) is 0 Å². The molecule has 3 rings (SSSR count).